The van der Waals surface area contributed by atoms with Crippen LogP contribution in [0.5, 0.6) is 0 Å². The van der Waals surface area contributed by atoms with Gasteiger partial charge in [0.2, 0.25) is 0 Å². The van der Waals surface area contributed by atoms with Crippen LogP contribution < -0.4 is 0 Å². The van der Waals surface area contributed by atoms with Crippen molar-refractivity contribution in [2.45, 2.75) is 38.7 Å². The summed E-state index contributed by atoms with van der Waals surface area (Å²) in [5, 5.41) is 3.76. The van der Waals surface area contributed by atoms with E-state index in [0.717, 1.165) is 5.56 Å². The van der Waals surface area contributed by atoms with Gasteiger partial charge in [-0.15, -0.1) is 0 Å². The number of sulfone groups is 1. The van der Waals surface area contributed by atoms with Gasteiger partial charge >= 0.3 is 5.97 Å². The zero-order valence-electron chi connectivity index (χ0n) is 13.3. The summed E-state index contributed by atoms with van der Waals surface area (Å²) in [6.07, 6.45) is -0.195. The molecule has 2 aromatic rings. The molecule has 0 aliphatic carbocycles. The van der Waals surface area contributed by atoms with Crippen LogP contribution in [0.15, 0.2) is 33.7 Å². The first kappa shape index (κ1) is 17.2. The molecule has 23 heavy (non-hydrogen) atoms. The molecule has 0 N–H and O–H groups in total. The van der Waals surface area contributed by atoms with Crippen LogP contribution in [0.3, 0.4) is 0 Å². The Labute approximate surface area is 135 Å². The predicted molar refractivity (Wildman–Crippen MR) is 83.6 cm³/mol. The summed E-state index contributed by atoms with van der Waals surface area (Å²) < 4.78 is 34.4. The topological polar surface area (TPSA) is 86.5 Å². The van der Waals surface area contributed by atoms with Crippen molar-refractivity contribution < 1.29 is 22.5 Å². The maximum atomic E-state index is 12.2. The van der Waals surface area contributed by atoms with Crippen molar-refractivity contribution >= 4 is 15.8 Å². The highest BCUT2D eigenvalue weighted by molar-refractivity contribution is 7.91. The molecule has 124 valence electrons. The average Bonchev–Trinajstić information content (AvgIpc) is 2.82. The van der Waals surface area contributed by atoms with Crippen molar-refractivity contribution in [3.63, 3.8) is 0 Å². The minimum atomic E-state index is -3.49. The van der Waals surface area contributed by atoms with Crippen molar-refractivity contribution in [1.82, 2.24) is 5.16 Å². The monoisotopic (exact) mass is 337 g/mol. The average molecular weight is 337 g/mol. The Morgan fingerprint density at radius 1 is 1.17 bits per heavy atom. The van der Waals surface area contributed by atoms with E-state index in [0.29, 0.717) is 17.0 Å². The summed E-state index contributed by atoms with van der Waals surface area (Å²) in [4.78, 5) is 12.0. The first-order chi connectivity index (χ1) is 10.8. The normalized spacial score (nSPS) is 11.4. The van der Waals surface area contributed by atoms with E-state index in [-0.39, 0.29) is 23.7 Å². The van der Waals surface area contributed by atoms with E-state index < -0.39 is 15.8 Å². The summed E-state index contributed by atoms with van der Waals surface area (Å²) in [7, 11) is -3.49. The van der Waals surface area contributed by atoms with Crippen molar-refractivity contribution in [2.24, 2.45) is 0 Å². The molecule has 0 aliphatic rings. The first-order valence-electron chi connectivity index (χ1n) is 7.16. The molecule has 0 amide bonds. The third-order valence-corrected chi connectivity index (χ3v) is 5.25. The molecule has 0 saturated heterocycles. The predicted octanol–water partition coefficient (Wildman–Crippen LogP) is 2.51. The Morgan fingerprint density at radius 2 is 1.83 bits per heavy atom. The van der Waals surface area contributed by atoms with E-state index in [4.69, 9.17) is 9.26 Å². The summed E-state index contributed by atoms with van der Waals surface area (Å²) in [5.41, 5.74) is 2.34. The van der Waals surface area contributed by atoms with Gasteiger partial charge in [-0.25, -0.2) is 8.42 Å². The van der Waals surface area contributed by atoms with Crippen LogP contribution in [0.1, 0.15) is 29.0 Å². The van der Waals surface area contributed by atoms with Crippen molar-refractivity contribution in [3.8, 4) is 0 Å². The molecule has 0 fully saturated rings. The molecule has 0 bridgehead atoms. The maximum absolute atomic E-state index is 12.2. The summed E-state index contributed by atoms with van der Waals surface area (Å²) in [5.74, 6) is -0.264. The van der Waals surface area contributed by atoms with Gasteiger partial charge in [-0.3, -0.25) is 4.79 Å². The SMILES string of the molecule is Cc1ccc(S(=O)(=O)CCC(=O)OCc2c(C)noc2C)cc1. The van der Waals surface area contributed by atoms with Crippen LogP contribution >= 0.6 is 0 Å². The van der Waals surface area contributed by atoms with Gasteiger partial charge in [-0.2, -0.15) is 0 Å². The fourth-order valence-electron chi connectivity index (χ4n) is 2.01. The van der Waals surface area contributed by atoms with Gasteiger partial charge in [-0.1, -0.05) is 22.9 Å². The summed E-state index contributed by atoms with van der Waals surface area (Å²) in [6, 6.07) is 6.53. The van der Waals surface area contributed by atoms with Gasteiger partial charge in [0.05, 0.1) is 28.3 Å². The highest BCUT2D eigenvalue weighted by atomic mass is 32.2. The van der Waals surface area contributed by atoms with Crippen LogP contribution in [0.4, 0.5) is 0 Å². The van der Waals surface area contributed by atoms with Crippen LogP contribution in [0.25, 0.3) is 0 Å². The van der Waals surface area contributed by atoms with Gasteiger partial charge in [-0.05, 0) is 32.9 Å². The number of rotatable bonds is 6. The number of esters is 1. The third-order valence-electron chi connectivity index (χ3n) is 3.51. The lowest BCUT2D eigenvalue weighted by Gasteiger charge is -2.06. The summed E-state index contributed by atoms with van der Waals surface area (Å²) in [6.45, 7) is 5.39. The second kappa shape index (κ2) is 6.95. The lowest BCUT2D eigenvalue weighted by atomic mass is 10.2. The van der Waals surface area contributed by atoms with E-state index in [9.17, 15) is 13.2 Å². The van der Waals surface area contributed by atoms with E-state index >= 15 is 0 Å². The molecule has 7 heteroatoms. The molecule has 0 aliphatic heterocycles. The van der Waals surface area contributed by atoms with Crippen molar-refractivity contribution in [1.29, 1.82) is 0 Å². The number of hydrogen-bond acceptors (Lipinski definition) is 6. The van der Waals surface area contributed by atoms with Crippen LogP contribution in [-0.4, -0.2) is 25.3 Å². The molecule has 0 saturated carbocycles. The minimum absolute atomic E-state index is 0.0323. The largest absolute Gasteiger partial charge is 0.461 e. The number of carbonyl (C=O) groups is 1. The minimum Gasteiger partial charge on any atom is -0.461 e. The molecular formula is C16H19NO5S. The van der Waals surface area contributed by atoms with Crippen LogP contribution in [0.2, 0.25) is 0 Å². The molecule has 6 nitrogen and oxygen atoms in total. The van der Waals surface area contributed by atoms with Gasteiger partial charge < -0.3 is 9.26 Å². The molecule has 1 heterocycles. The van der Waals surface area contributed by atoms with Gasteiger partial charge in [0.25, 0.3) is 0 Å². The van der Waals surface area contributed by atoms with Gasteiger partial charge in [0, 0.05) is 0 Å². The maximum Gasteiger partial charge on any atom is 0.307 e. The zero-order valence-corrected chi connectivity index (χ0v) is 14.1. The number of aryl methyl sites for hydroxylation is 3. The van der Waals surface area contributed by atoms with E-state index in [2.05, 4.69) is 5.16 Å². The molecule has 0 unspecified atom stereocenters. The van der Waals surface area contributed by atoms with Crippen LogP contribution in [0, 0.1) is 20.8 Å². The van der Waals surface area contributed by atoms with Gasteiger partial charge in [0.15, 0.2) is 9.84 Å². The number of nitrogens with zero attached hydrogens (tertiary/aromatic N) is 1. The first-order valence-corrected chi connectivity index (χ1v) is 8.81. The molecular weight excluding hydrogens is 318 g/mol. The molecule has 0 spiro atoms. The molecule has 1 aromatic heterocycles. The number of ether oxygens (including phenoxy) is 1. The molecule has 0 radical (unpaired) electrons. The smallest absolute Gasteiger partial charge is 0.307 e. The zero-order chi connectivity index (χ0) is 17.0. The quantitative estimate of drug-likeness (QED) is 0.753. The molecule has 2 rings (SSSR count). The number of hydrogen-bond donors (Lipinski definition) is 0. The standard InChI is InChI=1S/C16H19NO5S/c1-11-4-6-14(7-5-11)23(19,20)9-8-16(18)21-10-15-12(2)17-22-13(15)3/h4-7H,8-10H2,1-3H3. The Bertz CT molecular complexity index is 771. The summed E-state index contributed by atoms with van der Waals surface area (Å²) >= 11 is 0. The van der Waals surface area contributed by atoms with Crippen LogP contribution in [-0.2, 0) is 26.0 Å². The van der Waals surface area contributed by atoms with Gasteiger partial charge in [0.1, 0.15) is 12.4 Å². The molecule has 1 aromatic carbocycles. The highest BCUT2D eigenvalue weighted by Crippen LogP contribution is 2.15. The Morgan fingerprint density at radius 3 is 2.39 bits per heavy atom. The van der Waals surface area contributed by atoms with E-state index in [1.54, 1.807) is 38.1 Å². The third kappa shape index (κ3) is 4.41. The number of benzene rings is 1. The van der Waals surface area contributed by atoms with E-state index in [1.165, 1.54) is 0 Å². The van der Waals surface area contributed by atoms with E-state index in [1.807, 2.05) is 6.92 Å². The Kier molecular flexibility index (Phi) is 5.20. The lowest BCUT2D eigenvalue weighted by Crippen LogP contribution is -2.14. The highest BCUT2D eigenvalue weighted by Gasteiger charge is 2.18. The second-order valence-electron chi connectivity index (χ2n) is 5.35. The molecule has 0 atom stereocenters. The van der Waals surface area contributed by atoms with Crippen molar-refractivity contribution in [3.05, 3.63) is 46.8 Å². The Hall–Kier alpha value is -2.15. The number of aromatic nitrogens is 1. The lowest BCUT2D eigenvalue weighted by molar-refractivity contribution is -0.144. The fourth-order valence-corrected chi connectivity index (χ4v) is 3.24. The second-order valence-corrected chi connectivity index (χ2v) is 7.45. The Balaban J connectivity index is 1.90. The fraction of sp³-hybridized carbons (Fsp3) is 0.375. The number of carbonyl (C=O) groups excluding carboxylic acids is 1. The van der Waals surface area contributed by atoms with Crippen molar-refractivity contribution in [2.75, 3.05) is 5.75 Å².